The largest absolute Gasteiger partial charge is 0.493 e. The molecule has 0 unspecified atom stereocenters. The molecule has 132 valence electrons. The van der Waals surface area contributed by atoms with E-state index < -0.39 is 6.10 Å². The van der Waals surface area contributed by atoms with Gasteiger partial charge in [0.25, 0.3) is 0 Å². The average Bonchev–Trinajstić information content (AvgIpc) is 2.70. The van der Waals surface area contributed by atoms with E-state index in [-0.39, 0.29) is 5.92 Å². The van der Waals surface area contributed by atoms with Crippen LogP contribution in [-0.4, -0.2) is 21.7 Å². The van der Waals surface area contributed by atoms with Gasteiger partial charge in [0.05, 0.1) is 12.7 Å². The third-order valence-corrected chi connectivity index (χ3v) is 4.55. The smallest absolute Gasteiger partial charge is 0.125 e. The van der Waals surface area contributed by atoms with Crippen molar-refractivity contribution >= 4 is 0 Å². The summed E-state index contributed by atoms with van der Waals surface area (Å²) in [7, 11) is 0. The third-order valence-electron chi connectivity index (χ3n) is 4.55. The van der Waals surface area contributed by atoms with Gasteiger partial charge in [0.2, 0.25) is 0 Å². The number of aliphatic hydroxyl groups is 1. The van der Waals surface area contributed by atoms with Crippen LogP contribution in [0.3, 0.4) is 0 Å². The van der Waals surface area contributed by atoms with Crippen molar-refractivity contribution in [3.63, 3.8) is 0 Å². The summed E-state index contributed by atoms with van der Waals surface area (Å²) in [4.78, 5) is 8.22. The van der Waals surface area contributed by atoms with Gasteiger partial charge in [-0.25, -0.2) is 0 Å². The molecule has 0 radical (unpaired) electrons. The number of aromatic nitrogens is 2. The summed E-state index contributed by atoms with van der Waals surface area (Å²) in [5.74, 6) is 1.41. The number of aliphatic hydroxyl groups excluding tert-OH is 1. The van der Waals surface area contributed by atoms with Gasteiger partial charge in [-0.1, -0.05) is 12.1 Å². The highest BCUT2D eigenvalue weighted by Gasteiger charge is 2.30. The average molecular weight is 348 g/mol. The van der Waals surface area contributed by atoms with E-state index >= 15 is 0 Å². The summed E-state index contributed by atoms with van der Waals surface area (Å²) in [6, 6.07) is 13.4. The number of pyridine rings is 2. The molecule has 1 aliphatic heterocycles. The van der Waals surface area contributed by atoms with Gasteiger partial charge in [0, 0.05) is 41.8 Å². The lowest BCUT2D eigenvalue weighted by Gasteiger charge is -2.30. The molecule has 5 heteroatoms. The molecular weight excluding hydrogens is 328 g/mol. The Bertz CT molecular complexity index is 856. The Labute approximate surface area is 152 Å². The second-order valence-electron chi connectivity index (χ2n) is 6.43. The minimum Gasteiger partial charge on any atom is -0.493 e. The van der Waals surface area contributed by atoms with Gasteiger partial charge in [0.15, 0.2) is 0 Å². The van der Waals surface area contributed by atoms with Crippen molar-refractivity contribution < 1.29 is 14.6 Å². The van der Waals surface area contributed by atoms with E-state index in [4.69, 9.17) is 9.47 Å². The normalized spacial score (nSPS) is 18.7. The van der Waals surface area contributed by atoms with Crippen LogP contribution in [0.25, 0.3) is 0 Å². The van der Waals surface area contributed by atoms with Crippen LogP contribution in [0.5, 0.6) is 11.5 Å². The molecule has 1 N–H and O–H groups in total. The zero-order chi connectivity index (χ0) is 17.8. The number of hydrogen-bond acceptors (Lipinski definition) is 5. The molecule has 0 saturated heterocycles. The molecule has 0 aliphatic carbocycles. The molecule has 2 atom stereocenters. The van der Waals surface area contributed by atoms with Gasteiger partial charge in [-0.2, -0.15) is 0 Å². The lowest BCUT2D eigenvalue weighted by atomic mass is 9.88. The molecule has 5 nitrogen and oxygen atoms in total. The van der Waals surface area contributed by atoms with Crippen LogP contribution < -0.4 is 9.47 Å². The van der Waals surface area contributed by atoms with Crippen LogP contribution >= 0.6 is 0 Å². The number of nitrogens with zero attached hydrogens (tertiary/aromatic N) is 2. The Morgan fingerprint density at radius 3 is 2.54 bits per heavy atom. The van der Waals surface area contributed by atoms with Crippen molar-refractivity contribution in [3.05, 3.63) is 83.9 Å². The summed E-state index contributed by atoms with van der Waals surface area (Å²) < 4.78 is 11.7. The molecule has 26 heavy (non-hydrogen) atoms. The van der Waals surface area contributed by atoms with Gasteiger partial charge >= 0.3 is 0 Å². The third kappa shape index (κ3) is 3.68. The highest BCUT2D eigenvalue weighted by atomic mass is 16.5. The van der Waals surface area contributed by atoms with Crippen molar-refractivity contribution in [2.24, 2.45) is 5.92 Å². The maximum absolute atomic E-state index is 10.8. The molecule has 0 spiro atoms. The van der Waals surface area contributed by atoms with E-state index in [1.54, 1.807) is 18.6 Å². The van der Waals surface area contributed by atoms with E-state index in [0.717, 1.165) is 23.1 Å². The Morgan fingerprint density at radius 2 is 1.81 bits per heavy atom. The Morgan fingerprint density at radius 1 is 1.04 bits per heavy atom. The van der Waals surface area contributed by atoms with Crippen molar-refractivity contribution in [2.45, 2.75) is 19.1 Å². The number of fused-ring (bicyclic) bond motifs is 1. The molecule has 3 heterocycles. The predicted molar refractivity (Wildman–Crippen MR) is 96.9 cm³/mol. The Balaban J connectivity index is 1.48. The summed E-state index contributed by atoms with van der Waals surface area (Å²) >= 11 is 0. The molecule has 0 amide bonds. The molecule has 1 aromatic carbocycles. The zero-order valence-corrected chi connectivity index (χ0v) is 14.3. The van der Waals surface area contributed by atoms with E-state index in [1.807, 2.05) is 48.7 Å². The number of rotatable bonds is 5. The Kier molecular flexibility index (Phi) is 4.80. The van der Waals surface area contributed by atoms with E-state index in [2.05, 4.69) is 9.97 Å². The van der Waals surface area contributed by atoms with Crippen LogP contribution in [0, 0.1) is 5.92 Å². The first-order valence-corrected chi connectivity index (χ1v) is 8.65. The fraction of sp³-hybridized carbons (Fsp3) is 0.238. The molecule has 4 rings (SSSR count). The van der Waals surface area contributed by atoms with Crippen molar-refractivity contribution in [3.8, 4) is 11.5 Å². The summed E-state index contributed by atoms with van der Waals surface area (Å²) in [6.45, 7) is 0.918. The first-order valence-electron chi connectivity index (χ1n) is 8.65. The molecule has 1 aliphatic rings. The highest BCUT2D eigenvalue weighted by molar-refractivity contribution is 5.43. The molecular formula is C21H20N2O3. The fourth-order valence-electron chi connectivity index (χ4n) is 3.16. The van der Waals surface area contributed by atoms with Crippen LogP contribution in [-0.2, 0) is 13.0 Å². The molecule has 2 aromatic heterocycles. The van der Waals surface area contributed by atoms with Gasteiger partial charge in [-0.3, -0.25) is 9.97 Å². The minimum atomic E-state index is -0.596. The fourth-order valence-corrected chi connectivity index (χ4v) is 3.16. The second kappa shape index (κ2) is 7.54. The quantitative estimate of drug-likeness (QED) is 0.766. The maximum atomic E-state index is 10.8. The van der Waals surface area contributed by atoms with Gasteiger partial charge in [0.1, 0.15) is 18.1 Å². The SMILES string of the molecule is O[C@@H]1c2cc(OCc3cccnc3)ccc2OC[C@@H]1Cc1cccnc1. The molecule has 3 aromatic rings. The molecule has 0 fully saturated rings. The monoisotopic (exact) mass is 348 g/mol. The number of benzene rings is 1. The number of ether oxygens (including phenoxy) is 2. The van der Waals surface area contributed by atoms with E-state index in [0.29, 0.717) is 24.7 Å². The molecule has 0 bridgehead atoms. The lowest BCUT2D eigenvalue weighted by Crippen LogP contribution is -2.27. The lowest BCUT2D eigenvalue weighted by molar-refractivity contribution is 0.0504. The van der Waals surface area contributed by atoms with Crippen molar-refractivity contribution in [2.75, 3.05) is 6.61 Å². The van der Waals surface area contributed by atoms with Crippen molar-refractivity contribution in [1.82, 2.24) is 9.97 Å². The summed E-state index contributed by atoms with van der Waals surface area (Å²) in [5.41, 5.74) is 2.86. The molecule has 0 saturated carbocycles. The van der Waals surface area contributed by atoms with Gasteiger partial charge in [-0.15, -0.1) is 0 Å². The number of hydrogen-bond donors (Lipinski definition) is 1. The van der Waals surface area contributed by atoms with Crippen LogP contribution in [0.4, 0.5) is 0 Å². The summed E-state index contributed by atoms with van der Waals surface area (Å²) in [5, 5.41) is 10.8. The van der Waals surface area contributed by atoms with Gasteiger partial charge < -0.3 is 14.6 Å². The van der Waals surface area contributed by atoms with Gasteiger partial charge in [-0.05, 0) is 42.3 Å². The summed E-state index contributed by atoms with van der Waals surface area (Å²) in [6.07, 6.45) is 7.21. The van der Waals surface area contributed by atoms with Crippen LogP contribution in [0.15, 0.2) is 67.3 Å². The minimum absolute atomic E-state index is 0.0136. The van der Waals surface area contributed by atoms with E-state index in [1.165, 1.54) is 0 Å². The topological polar surface area (TPSA) is 64.5 Å². The second-order valence-corrected chi connectivity index (χ2v) is 6.43. The standard InChI is InChI=1S/C21H20N2O3/c24-21-17(9-15-3-1-7-22-11-15)14-26-20-6-5-18(10-19(20)21)25-13-16-4-2-8-23-12-16/h1-8,10-12,17,21,24H,9,13-14H2/t17-,21-/m0/s1. The van der Waals surface area contributed by atoms with E-state index in [9.17, 15) is 5.11 Å². The van der Waals surface area contributed by atoms with Crippen molar-refractivity contribution in [1.29, 1.82) is 0 Å². The zero-order valence-electron chi connectivity index (χ0n) is 14.3. The maximum Gasteiger partial charge on any atom is 0.125 e. The first kappa shape index (κ1) is 16.5. The highest BCUT2D eigenvalue weighted by Crippen LogP contribution is 2.38. The van der Waals surface area contributed by atoms with Crippen LogP contribution in [0.1, 0.15) is 22.8 Å². The Hall–Kier alpha value is -2.92. The predicted octanol–water partition coefficient (Wildman–Crippen LogP) is 3.34. The first-order chi connectivity index (χ1) is 12.8. The van der Waals surface area contributed by atoms with Crippen LogP contribution in [0.2, 0.25) is 0 Å².